The van der Waals surface area contributed by atoms with Gasteiger partial charge < -0.3 is 15.2 Å². The Morgan fingerprint density at radius 1 is 0.731 bits per heavy atom. The molecule has 0 heterocycles. The van der Waals surface area contributed by atoms with Crippen LogP contribution in [0.3, 0.4) is 0 Å². The van der Waals surface area contributed by atoms with Crippen LogP contribution in [-0.2, 0) is 26.7 Å². The number of rotatable bonds is 11. The van der Waals surface area contributed by atoms with Gasteiger partial charge in [-0.25, -0.2) is 8.42 Å². The molecule has 7 nitrogen and oxygen atoms in total. The summed E-state index contributed by atoms with van der Waals surface area (Å²) in [5, 5.41) is 5.59. The van der Waals surface area contributed by atoms with E-state index in [0.29, 0.717) is 17.7 Å². The molecule has 0 saturated heterocycles. The van der Waals surface area contributed by atoms with Gasteiger partial charge in [0.1, 0.15) is 0 Å². The van der Waals surface area contributed by atoms with Crippen LogP contribution in [0.2, 0.25) is 0 Å². The maximum absolute atomic E-state index is 14.0. The minimum absolute atomic E-state index is 0. The van der Waals surface area contributed by atoms with Crippen LogP contribution in [0.15, 0.2) is 109 Å². The predicted molar refractivity (Wildman–Crippen MR) is 205 cm³/mol. The van der Waals surface area contributed by atoms with Gasteiger partial charge in [-0.2, -0.15) is 0 Å². The van der Waals surface area contributed by atoms with Crippen molar-refractivity contribution in [3.05, 3.63) is 148 Å². The number of carbonyl (C=O) groups is 2. The van der Waals surface area contributed by atoms with E-state index in [-0.39, 0.29) is 47.4 Å². The minimum Gasteiger partial charge on any atom is -0.748 e. The molecule has 5 aromatic carbocycles. The molecule has 0 spiro atoms. The zero-order valence-electron chi connectivity index (χ0n) is 31.0. The standard InChI is InChI=1S/C43H46N2O5S.Na/c1-28-25-29(2)40(30(3)26-28)35-17-21-38(22-18-35)45-42(47)39(27-31-7-9-36(10-8-31)41(46)44-23-24-51(48,49)50)34-13-11-32(12-14-34)33-15-19-37(20-16-33)43(4,5)6;/h7-22,25-26,39H,23-24,27H2,1-6H3,(H,44,46)(H,45,47)(H,48,49,50);/q;+1/p-1/t39-;/m1./s1. The second-order valence-electron chi connectivity index (χ2n) is 14.3. The molecular formula is C43H45N2NaO5S. The fourth-order valence-corrected chi connectivity index (χ4v) is 6.79. The van der Waals surface area contributed by atoms with Crippen molar-refractivity contribution in [2.75, 3.05) is 17.6 Å². The molecule has 5 aromatic rings. The fraction of sp³-hybridized carbons (Fsp3) is 0.256. The number of anilines is 1. The molecule has 1 atom stereocenters. The normalized spacial score (nSPS) is 12.1. The van der Waals surface area contributed by atoms with Crippen molar-refractivity contribution in [3.63, 3.8) is 0 Å². The quantitative estimate of drug-likeness (QED) is 0.138. The first-order chi connectivity index (χ1) is 24.1. The Morgan fingerprint density at radius 3 is 1.77 bits per heavy atom. The summed E-state index contributed by atoms with van der Waals surface area (Å²) in [5.74, 6) is -1.85. The molecule has 264 valence electrons. The number of hydrogen-bond acceptors (Lipinski definition) is 5. The summed E-state index contributed by atoms with van der Waals surface area (Å²) in [7, 11) is -4.43. The second kappa shape index (κ2) is 17.2. The predicted octanol–water partition coefficient (Wildman–Crippen LogP) is 5.49. The zero-order valence-corrected chi connectivity index (χ0v) is 33.9. The summed E-state index contributed by atoms with van der Waals surface area (Å²) in [4.78, 5) is 26.5. The SMILES string of the molecule is Cc1cc(C)c(-c2ccc(NC(=O)[C@H](Cc3ccc(C(=O)NCCS(=O)(=O)[O-])cc3)c3ccc(-c4ccc(C(C)(C)C)cc4)cc3)cc2)c(C)c1.[Na+]. The van der Waals surface area contributed by atoms with Crippen molar-refractivity contribution in [3.8, 4) is 22.3 Å². The maximum atomic E-state index is 14.0. The number of benzene rings is 5. The van der Waals surface area contributed by atoms with E-state index in [1.54, 1.807) is 24.3 Å². The van der Waals surface area contributed by atoms with Gasteiger partial charge in [0.25, 0.3) is 5.91 Å². The Hall–Kier alpha value is -4.05. The summed E-state index contributed by atoms with van der Waals surface area (Å²) < 4.78 is 32.7. The van der Waals surface area contributed by atoms with Crippen molar-refractivity contribution in [1.29, 1.82) is 0 Å². The molecule has 0 aliphatic carbocycles. The third-order valence-electron chi connectivity index (χ3n) is 9.13. The third-order valence-corrected chi connectivity index (χ3v) is 9.83. The number of carbonyl (C=O) groups excluding carboxylic acids is 2. The van der Waals surface area contributed by atoms with E-state index in [4.69, 9.17) is 0 Å². The van der Waals surface area contributed by atoms with Gasteiger partial charge in [-0.1, -0.05) is 111 Å². The van der Waals surface area contributed by atoms with Crippen molar-refractivity contribution in [2.24, 2.45) is 0 Å². The van der Waals surface area contributed by atoms with Gasteiger partial charge in [-0.3, -0.25) is 9.59 Å². The monoisotopic (exact) mass is 724 g/mol. The summed E-state index contributed by atoms with van der Waals surface area (Å²) in [6.07, 6.45) is 0.377. The fourth-order valence-electron chi connectivity index (χ4n) is 6.44. The smallest absolute Gasteiger partial charge is 0.748 e. The molecule has 2 N–H and O–H groups in total. The Labute approximate surface area is 330 Å². The molecular weight excluding hydrogens is 680 g/mol. The number of nitrogens with one attached hydrogen (secondary N) is 2. The molecule has 0 aromatic heterocycles. The second-order valence-corrected chi connectivity index (χ2v) is 15.8. The number of aryl methyl sites for hydroxylation is 3. The summed E-state index contributed by atoms with van der Waals surface area (Å²) in [6.45, 7) is 12.6. The van der Waals surface area contributed by atoms with Crippen molar-refractivity contribution >= 4 is 27.6 Å². The van der Waals surface area contributed by atoms with Gasteiger partial charge in [0.2, 0.25) is 5.91 Å². The molecule has 52 heavy (non-hydrogen) atoms. The van der Waals surface area contributed by atoms with Crippen LogP contribution in [0.5, 0.6) is 0 Å². The van der Waals surface area contributed by atoms with Crippen LogP contribution in [0, 0.1) is 20.8 Å². The average Bonchev–Trinajstić information content (AvgIpc) is 3.07. The molecule has 0 radical (unpaired) electrons. The van der Waals surface area contributed by atoms with E-state index in [2.05, 4.69) is 88.6 Å². The van der Waals surface area contributed by atoms with Gasteiger partial charge >= 0.3 is 29.6 Å². The van der Waals surface area contributed by atoms with Gasteiger partial charge in [-0.05, 0) is 107 Å². The van der Waals surface area contributed by atoms with E-state index in [0.717, 1.165) is 27.8 Å². The van der Waals surface area contributed by atoms with Crippen LogP contribution >= 0.6 is 0 Å². The van der Waals surface area contributed by atoms with Crippen molar-refractivity contribution < 1.29 is 52.1 Å². The van der Waals surface area contributed by atoms with Crippen LogP contribution in [0.25, 0.3) is 22.3 Å². The van der Waals surface area contributed by atoms with Crippen LogP contribution in [0.1, 0.15) is 70.4 Å². The Balaban J connectivity index is 0.00000605. The zero-order chi connectivity index (χ0) is 36.9. The van der Waals surface area contributed by atoms with E-state index >= 15 is 0 Å². The first kappa shape index (κ1) is 40.7. The average molecular weight is 725 g/mol. The summed E-state index contributed by atoms with van der Waals surface area (Å²) in [6, 6.07) is 35.7. The topological polar surface area (TPSA) is 115 Å². The molecule has 0 fully saturated rings. The van der Waals surface area contributed by atoms with E-state index in [1.807, 2.05) is 48.5 Å². The summed E-state index contributed by atoms with van der Waals surface area (Å²) in [5.41, 5.74) is 12.1. The Bertz CT molecular complexity index is 2100. The van der Waals surface area contributed by atoms with Crippen LogP contribution in [-0.4, -0.2) is 37.1 Å². The van der Waals surface area contributed by atoms with E-state index in [9.17, 15) is 22.6 Å². The van der Waals surface area contributed by atoms with Gasteiger partial charge in [0, 0.05) is 17.8 Å². The molecule has 0 saturated carbocycles. The van der Waals surface area contributed by atoms with Gasteiger partial charge in [0.05, 0.1) is 21.8 Å². The molecule has 0 unspecified atom stereocenters. The number of hydrogen-bond donors (Lipinski definition) is 2. The maximum Gasteiger partial charge on any atom is 1.00 e. The Morgan fingerprint density at radius 2 is 1.25 bits per heavy atom. The van der Waals surface area contributed by atoms with Gasteiger partial charge in [-0.15, -0.1) is 0 Å². The minimum atomic E-state index is -4.43. The largest absolute Gasteiger partial charge is 1.00 e. The number of amides is 2. The molecule has 0 bridgehead atoms. The third kappa shape index (κ3) is 10.7. The molecule has 9 heteroatoms. The molecule has 2 amide bonds. The van der Waals surface area contributed by atoms with Crippen molar-refractivity contribution in [2.45, 2.75) is 59.3 Å². The first-order valence-corrected chi connectivity index (χ1v) is 18.7. The Kier molecular flexibility index (Phi) is 13.5. The van der Waals surface area contributed by atoms with Crippen LogP contribution in [0.4, 0.5) is 5.69 Å². The van der Waals surface area contributed by atoms with E-state index in [1.165, 1.54) is 27.8 Å². The van der Waals surface area contributed by atoms with E-state index < -0.39 is 27.7 Å². The van der Waals surface area contributed by atoms with Gasteiger partial charge in [0.15, 0.2) is 0 Å². The molecule has 0 aliphatic heterocycles. The first-order valence-electron chi connectivity index (χ1n) is 17.1. The van der Waals surface area contributed by atoms with Crippen LogP contribution < -0.4 is 40.2 Å². The summed E-state index contributed by atoms with van der Waals surface area (Å²) >= 11 is 0. The molecule has 0 aliphatic rings. The molecule has 5 rings (SSSR count). The van der Waals surface area contributed by atoms with Crippen molar-refractivity contribution in [1.82, 2.24) is 5.32 Å².